The Morgan fingerprint density at radius 2 is 2.04 bits per heavy atom. The second kappa shape index (κ2) is 7.22. The van der Waals surface area contributed by atoms with Gasteiger partial charge in [-0.2, -0.15) is 0 Å². The van der Waals surface area contributed by atoms with Crippen LogP contribution in [0.1, 0.15) is 15.5 Å². The van der Waals surface area contributed by atoms with Crippen LogP contribution in [-0.4, -0.2) is 43.4 Å². The molecule has 0 aliphatic heterocycles. The fraction of sp³-hybridized carbons (Fsp3) is 0.400. The molecule has 0 amide bonds. The van der Waals surface area contributed by atoms with Gasteiger partial charge in [0.25, 0.3) is 5.56 Å². The van der Waals surface area contributed by atoms with Crippen LogP contribution in [0.3, 0.4) is 0 Å². The summed E-state index contributed by atoms with van der Waals surface area (Å²) in [4.78, 5) is 44.5. The van der Waals surface area contributed by atoms with E-state index in [0.717, 1.165) is 4.57 Å². The highest BCUT2D eigenvalue weighted by molar-refractivity contribution is 7.09. The summed E-state index contributed by atoms with van der Waals surface area (Å²) in [6.07, 6.45) is 1.44. The van der Waals surface area contributed by atoms with Crippen molar-refractivity contribution in [1.82, 2.24) is 23.7 Å². The standard InChI is InChI=1S/C15H17N5O5S/c1-18-12-11(13(21)19(2)15(18)23)20(8-16-12)4-5-25-14(22)9-7-26-10(17-9)6-24-3/h7-8H,4-6H2,1-3H3. The van der Waals surface area contributed by atoms with Gasteiger partial charge in [-0.3, -0.25) is 13.9 Å². The third kappa shape index (κ3) is 3.18. The highest BCUT2D eigenvalue weighted by Crippen LogP contribution is 2.12. The van der Waals surface area contributed by atoms with Gasteiger partial charge in [0.05, 0.1) is 19.5 Å². The molecule has 0 bridgehead atoms. The molecule has 0 saturated carbocycles. The lowest BCUT2D eigenvalue weighted by molar-refractivity contribution is 0.0485. The number of fused-ring (bicyclic) bond motifs is 1. The number of carbonyl (C=O) groups excluding carboxylic acids is 1. The van der Waals surface area contributed by atoms with Crippen LogP contribution in [0.25, 0.3) is 11.2 Å². The van der Waals surface area contributed by atoms with Crippen LogP contribution in [0.5, 0.6) is 0 Å². The second-order valence-electron chi connectivity index (χ2n) is 5.51. The van der Waals surface area contributed by atoms with Crippen molar-refractivity contribution < 1.29 is 14.3 Å². The molecule has 26 heavy (non-hydrogen) atoms. The Balaban J connectivity index is 1.73. The van der Waals surface area contributed by atoms with Crippen LogP contribution in [-0.2, 0) is 36.7 Å². The van der Waals surface area contributed by atoms with Gasteiger partial charge in [-0.15, -0.1) is 11.3 Å². The topological polar surface area (TPSA) is 110 Å². The van der Waals surface area contributed by atoms with E-state index in [4.69, 9.17) is 9.47 Å². The van der Waals surface area contributed by atoms with Gasteiger partial charge in [0, 0.05) is 26.6 Å². The molecule has 0 N–H and O–H groups in total. The Kier molecular flexibility index (Phi) is 5.00. The first-order valence-electron chi connectivity index (χ1n) is 7.65. The number of hydrogen-bond donors (Lipinski definition) is 0. The number of carbonyl (C=O) groups is 1. The van der Waals surface area contributed by atoms with Gasteiger partial charge in [0.1, 0.15) is 11.6 Å². The van der Waals surface area contributed by atoms with E-state index in [-0.39, 0.29) is 30.0 Å². The van der Waals surface area contributed by atoms with Gasteiger partial charge < -0.3 is 14.0 Å². The van der Waals surface area contributed by atoms with Crippen LogP contribution in [0.4, 0.5) is 0 Å². The highest BCUT2D eigenvalue weighted by atomic mass is 32.1. The average Bonchev–Trinajstić information content (AvgIpc) is 3.26. The summed E-state index contributed by atoms with van der Waals surface area (Å²) in [5, 5.41) is 2.29. The van der Waals surface area contributed by atoms with Crippen molar-refractivity contribution in [3.05, 3.63) is 43.2 Å². The fourth-order valence-electron chi connectivity index (χ4n) is 2.47. The van der Waals surface area contributed by atoms with E-state index in [9.17, 15) is 14.4 Å². The number of imidazole rings is 1. The van der Waals surface area contributed by atoms with Gasteiger partial charge in [0.2, 0.25) is 0 Å². The molecule has 3 rings (SSSR count). The molecule has 0 aromatic carbocycles. The number of nitrogens with zero attached hydrogens (tertiary/aromatic N) is 5. The smallest absolute Gasteiger partial charge is 0.357 e. The summed E-state index contributed by atoms with van der Waals surface area (Å²) in [6, 6.07) is 0. The molecular weight excluding hydrogens is 362 g/mol. The minimum absolute atomic E-state index is 0.0351. The van der Waals surface area contributed by atoms with Crippen LogP contribution >= 0.6 is 11.3 Å². The predicted molar refractivity (Wildman–Crippen MR) is 93.3 cm³/mol. The molecular formula is C15H17N5O5S. The van der Waals surface area contributed by atoms with Gasteiger partial charge in [-0.1, -0.05) is 0 Å². The maximum absolute atomic E-state index is 12.3. The average molecular weight is 379 g/mol. The Labute approximate surface area is 151 Å². The molecule has 0 saturated heterocycles. The van der Waals surface area contributed by atoms with Crippen molar-refractivity contribution in [2.24, 2.45) is 14.1 Å². The predicted octanol–water partition coefficient (Wildman–Crippen LogP) is -0.106. The van der Waals surface area contributed by atoms with Gasteiger partial charge >= 0.3 is 11.7 Å². The summed E-state index contributed by atoms with van der Waals surface area (Å²) in [6.45, 7) is 0.596. The summed E-state index contributed by atoms with van der Waals surface area (Å²) in [5.74, 6) is -0.548. The maximum atomic E-state index is 12.3. The van der Waals surface area contributed by atoms with E-state index in [2.05, 4.69) is 9.97 Å². The Morgan fingerprint density at radius 1 is 1.27 bits per heavy atom. The van der Waals surface area contributed by atoms with Gasteiger partial charge in [0.15, 0.2) is 16.9 Å². The Morgan fingerprint density at radius 3 is 2.77 bits per heavy atom. The molecule has 138 valence electrons. The largest absolute Gasteiger partial charge is 0.459 e. The summed E-state index contributed by atoms with van der Waals surface area (Å²) in [7, 11) is 4.50. The van der Waals surface area contributed by atoms with Crippen LogP contribution < -0.4 is 11.2 Å². The molecule has 0 unspecified atom stereocenters. The van der Waals surface area contributed by atoms with Crippen LogP contribution in [0.2, 0.25) is 0 Å². The summed E-state index contributed by atoms with van der Waals surface area (Å²) >= 11 is 1.31. The SMILES string of the molecule is COCc1nc(C(=O)OCCn2cnc3c2c(=O)n(C)c(=O)n3C)cs1. The number of aromatic nitrogens is 5. The van der Waals surface area contributed by atoms with Crippen molar-refractivity contribution >= 4 is 28.5 Å². The van der Waals surface area contributed by atoms with Gasteiger partial charge in [-0.25, -0.2) is 19.6 Å². The molecule has 3 aromatic heterocycles. The first-order valence-corrected chi connectivity index (χ1v) is 8.53. The zero-order chi connectivity index (χ0) is 18.8. The van der Waals surface area contributed by atoms with E-state index in [1.165, 1.54) is 29.3 Å². The number of aryl methyl sites for hydroxylation is 1. The molecule has 3 heterocycles. The normalized spacial score (nSPS) is 11.2. The van der Waals surface area contributed by atoms with Crippen molar-refractivity contribution in [2.75, 3.05) is 13.7 Å². The van der Waals surface area contributed by atoms with E-state index < -0.39 is 17.2 Å². The van der Waals surface area contributed by atoms with Crippen LogP contribution in [0, 0.1) is 0 Å². The molecule has 10 nitrogen and oxygen atoms in total. The zero-order valence-corrected chi connectivity index (χ0v) is 15.3. The first kappa shape index (κ1) is 18.0. The maximum Gasteiger partial charge on any atom is 0.357 e. The molecule has 3 aromatic rings. The molecule has 0 radical (unpaired) electrons. The molecule has 0 spiro atoms. The first-order chi connectivity index (χ1) is 12.4. The van der Waals surface area contributed by atoms with E-state index in [1.807, 2.05) is 0 Å². The van der Waals surface area contributed by atoms with E-state index in [0.29, 0.717) is 11.6 Å². The number of ether oxygens (including phenoxy) is 2. The second-order valence-corrected chi connectivity index (χ2v) is 6.45. The lowest BCUT2D eigenvalue weighted by Gasteiger charge is -2.07. The van der Waals surface area contributed by atoms with Gasteiger partial charge in [-0.05, 0) is 0 Å². The number of thiazole rings is 1. The minimum atomic E-state index is -0.548. The quantitative estimate of drug-likeness (QED) is 0.550. The number of methoxy groups -OCH3 is 1. The Bertz CT molecular complexity index is 1080. The van der Waals surface area contributed by atoms with Crippen molar-refractivity contribution in [2.45, 2.75) is 13.2 Å². The van der Waals surface area contributed by atoms with Crippen molar-refractivity contribution in [3.63, 3.8) is 0 Å². The highest BCUT2D eigenvalue weighted by Gasteiger charge is 2.15. The number of esters is 1. The summed E-state index contributed by atoms with van der Waals surface area (Å²) in [5.41, 5.74) is -0.115. The summed E-state index contributed by atoms with van der Waals surface area (Å²) < 4.78 is 14.0. The lowest BCUT2D eigenvalue weighted by atomic mass is 10.5. The van der Waals surface area contributed by atoms with Crippen LogP contribution in [0.15, 0.2) is 21.3 Å². The molecule has 0 aliphatic carbocycles. The monoisotopic (exact) mass is 379 g/mol. The Hall–Kier alpha value is -2.79. The van der Waals surface area contributed by atoms with Crippen molar-refractivity contribution in [1.29, 1.82) is 0 Å². The molecule has 0 fully saturated rings. The number of rotatable bonds is 6. The molecule has 0 atom stereocenters. The minimum Gasteiger partial charge on any atom is -0.459 e. The zero-order valence-electron chi connectivity index (χ0n) is 14.5. The molecule has 0 aliphatic rings. The number of hydrogen-bond acceptors (Lipinski definition) is 8. The van der Waals surface area contributed by atoms with Crippen molar-refractivity contribution in [3.8, 4) is 0 Å². The fourth-order valence-corrected chi connectivity index (χ4v) is 3.21. The lowest BCUT2D eigenvalue weighted by Crippen LogP contribution is -2.37. The van der Waals surface area contributed by atoms with E-state index >= 15 is 0 Å². The van der Waals surface area contributed by atoms with E-state index in [1.54, 1.807) is 24.1 Å². The molecule has 11 heteroatoms. The third-order valence-electron chi connectivity index (χ3n) is 3.81. The third-order valence-corrected chi connectivity index (χ3v) is 4.63.